The minimum Gasteiger partial charge on any atom is -0.292 e. The van der Waals surface area contributed by atoms with E-state index in [1.54, 1.807) is 0 Å². The second kappa shape index (κ2) is 9.11. The maximum absolute atomic E-state index is 13.5. The van der Waals surface area contributed by atoms with Crippen molar-refractivity contribution in [3.63, 3.8) is 0 Å². The first-order chi connectivity index (χ1) is 15.8. The molecule has 9 nitrogen and oxygen atoms in total. The largest absolute Gasteiger partial charge is 0.292 e. The van der Waals surface area contributed by atoms with E-state index < -0.39 is 52.5 Å². The van der Waals surface area contributed by atoms with Crippen LogP contribution in [0.4, 0.5) is 5.69 Å². The number of imide groups is 1. The van der Waals surface area contributed by atoms with Crippen molar-refractivity contribution in [2.24, 2.45) is 11.8 Å². The molecule has 0 radical (unpaired) electrons. The lowest BCUT2D eigenvalue weighted by Crippen LogP contribution is -2.52. The van der Waals surface area contributed by atoms with E-state index in [0.717, 1.165) is 28.9 Å². The quantitative estimate of drug-likeness (QED) is 0.276. The first-order valence-electron chi connectivity index (χ1n) is 10.5. The van der Waals surface area contributed by atoms with Crippen LogP contribution in [-0.2, 0) is 9.59 Å². The van der Waals surface area contributed by atoms with Crippen LogP contribution in [0, 0.1) is 22.0 Å². The molecule has 1 saturated carbocycles. The minimum atomic E-state index is -0.968. The van der Waals surface area contributed by atoms with Crippen LogP contribution in [0.1, 0.15) is 46.4 Å². The number of hydrogen-bond donors (Lipinski definition) is 0. The van der Waals surface area contributed by atoms with Crippen molar-refractivity contribution >= 4 is 40.8 Å². The molecule has 10 heteroatoms. The zero-order chi connectivity index (χ0) is 23.7. The Morgan fingerprint density at radius 1 is 1.00 bits per heavy atom. The number of fused-ring (bicyclic) bond motifs is 1. The summed E-state index contributed by atoms with van der Waals surface area (Å²) in [7, 11) is 0. The maximum Gasteiger partial charge on any atom is 0.282 e. The Morgan fingerprint density at radius 2 is 1.58 bits per heavy atom. The van der Waals surface area contributed by atoms with Gasteiger partial charge in [-0.2, -0.15) is 5.01 Å². The molecule has 0 N–H and O–H groups in total. The minimum absolute atomic E-state index is 0.219. The molecule has 0 aromatic heterocycles. The van der Waals surface area contributed by atoms with E-state index in [1.807, 2.05) is 0 Å². The van der Waals surface area contributed by atoms with Crippen LogP contribution in [-0.4, -0.2) is 45.0 Å². The lowest BCUT2D eigenvalue weighted by atomic mass is 9.81. The first kappa shape index (κ1) is 22.6. The van der Waals surface area contributed by atoms with E-state index in [1.165, 1.54) is 42.5 Å². The highest BCUT2D eigenvalue weighted by molar-refractivity contribution is 6.30. The van der Waals surface area contributed by atoms with Crippen LogP contribution in [0.3, 0.4) is 0 Å². The van der Waals surface area contributed by atoms with Crippen molar-refractivity contribution in [1.29, 1.82) is 0 Å². The predicted octanol–water partition coefficient (Wildman–Crippen LogP) is 3.66. The Kier molecular flexibility index (Phi) is 6.24. The molecule has 0 unspecified atom stereocenters. The molecule has 0 bridgehead atoms. The second-order valence-electron chi connectivity index (χ2n) is 8.05. The molecular formula is C23H20ClN3O6. The number of hydrazine groups is 1. The lowest BCUT2D eigenvalue weighted by molar-refractivity contribution is -0.385. The number of halogens is 1. The summed E-state index contributed by atoms with van der Waals surface area (Å²) in [6.07, 6.45) is 2.61. The predicted molar refractivity (Wildman–Crippen MR) is 117 cm³/mol. The zero-order valence-corrected chi connectivity index (χ0v) is 18.2. The zero-order valence-electron chi connectivity index (χ0n) is 17.5. The smallest absolute Gasteiger partial charge is 0.282 e. The third-order valence-corrected chi connectivity index (χ3v) is 6.34. The van der Waals surface area contributed by atoms with Crippen molar-refractivity contribution in [1.82, 2.24) is 10.0 Å². The number of nitro benzene ring substituents is 1. The summed E-state index contributed by atoms with van der Waals surface area (Å²) in [5, 5.41) is 13.4. The van der Waals surface area contributed by atoms with Gasteiger partial charge in [0.05, 0.1) is 16.8 Å². The number of carbonyl (C=O) groups excluding carboxylic acids is 4. The van der Waals surface area contributed by atoms with E-state index in [4.69, 9.17) is 11.6 Å². The van der Waals surface area contributed by atoms with Gasteiger partial charge in [0.25, 0.3) is 23.4 Å². The van der Waals surface area contributed by atoms with Crippen molar-refractivity contribution in [3.05, 3.63) is 74.8 Å². The molecular weight excluding hydrogens is 450 g/mol. The van der Waals surface area contributed by atoms with E-state index in [-0.39, 0.29) is 11.1 Å². The van der Waals surface area contributed by atoms with Gasteiger partial charge in [-0.3, -0.25) is 29.3 Å². The number of nitro groups is 1. The number of nitrogens with zero attached hydrogens (tertiary/aromatic N) is 3. The number of amides is 3. The molecule has 1 heterocycles. The van der Waals surface area contributed by atoms with Gasteiger partial charge in [-0.25, -0.2) is 5.01 Å². The summed E-state index contributed by atoms with van der Waals surface area (Å²) in [5.41, 5.74) is -0.582. The molecule has 2 atom stereocenters. The fraction of sp³-hybridized carbons (Fsp3) is 0.304. The Labute approximate surface area is 194 Å². The average molecular weight is 470 g/mol. The number of para-hydroxylation sites is 1. The van der Waals surface area contributed by atoms with E-state index in [2.05, 4.69) is 0 Å². The Balaban J connectivity index is 1.74. The molecule has 33 heavy (non-hydrogen) atoms. The molecule has 2 aromatic rings. The van der Waals surface area contributed by atoms with Crippen LogP contribution < -0.4 is 0 Å². The van der Waals surface area contributed by atoms with Crippen LogP contribution in [0.2, 0.25) is 5.02 Å². The molecule has 2 fully saturated rings. The van der Waals surface area contributed by atoms with Crippen LogP contribution in [0.25, 0.3) is 0 Å². The molecule has 1 saturated heterocycles. The Bertz CT molecular complexity index is 1130. The highest BCUT2D eigenvalue weighted by Crippen LogP contribution is 2.39. The fourth-order valence-electron chi connectivity index (χ4n) is 4.43. The van der Waals surface area contributed by atoms with Gasteiger partial charge in [0.1, 0.15) is 12.1 Å². The highest BCUT2D eigenvalue weighted by Gasteiger charge is 2.52. The first-order valence-corrected chi connectivity index (χ1v) is 10.9. The van der Waals surface area contributed by atoms with Crippen molar-refractivity contribution in [3.8, 4) is 0 Å². The monoisotopic (exact) mass is 469 g/mol. The Morgan fingerprint density at radius 3 is 2.15 bits per heavy atom. The SMILES string of the molecule is O=C(CN(C(=O)c1ccccc1[N+](=O)[O-])N1C(=O)[C@H]2CCCC[C@@H]2C1=O)c1ccc(Cl)cc1. The fourth-order valence-corrected chi connectivity index (χ4v) is 4.56. The van der Waals surface area contributed by atoms with Crippen LogP contribution >= 0.6 is 11.6 Å². The normalized spacial score (nSPS) is 19.8. The van der Waals surface area contributed by atoms with Gasteiger partial charge in [-0.05, 0) is 43.2 Å². The van der Waals surface area contributed by atoms with E-state index >= 15 is 0 Å². The maximum atomic E-state index is 13.5. The van der Waals surface area contributed by atoms with Gasteiger partial charge in [0.15, 0.2) is 5.78 Å². The van der Waals surface area contributed by atoms with Crippen molar-refractivity contribution < 1.29 is 24.1 Å². The molecule has 0 spiro atoms. The lowest BCUT2D eigenvalue weighted by Gasteiger charge is -2.30. The number of carbonyl (C=O) groups is 4. The number of rotatable bonds is 6. The number of hydrogen-bond acceptors (Lipinski definition) is 6. The van der Waals surface area contributed by atoms with Gasteiger partial charge in [0.2, 0.25) is 0 Å². The molecule has 1 aliphatic heterocycles. The number of benzene rings is 2. The summed E-state index contributed by atoms with van der Waals surface area (Å²) in [6, 6.07) is 11.2. The molecule has 3 amide bonds. The van der Waals surface area contributed by atoms with Gasteiger partial charge < -0.3 is 0 Å². The molecule has 170 valence electrons. The summed E-state index contributed by atoms with van der Waals surface area (Å²) in [6.45, 7) is -0.635. The summed E-state index contributed by atoms with van der Waals surface area (Å²) >= 11 is 5.87. The highest BCUT2D eigenvalue weighted by atomic mass is 35.5. The standard InChI is InChI=1S/C23H20ClN3O6/c24-15-11-9-14(10-12-15)20(28)13-25(21(29)18-7-3-4-8-19(18)27(32)33)26-22(30)16-5-1-2-6-17(16)23(26)31/h3-4,7-12,16-17H,1-2,5-6,13H2/t16-,17-/m0/s1. The average Bonchev–Trinajstić information content (AvgIpc) is 3.07. The van der Waals surface area contributed by atoms with Crippen LogP contribution in [0.5, 0.6) is 0 Å². The Hall–Kier alpha value is -3.59. The van der Waals surface area contributed by atoms with Gasteiger partial charge >= 0.3 is 0 Å². The second-order valence-corrected chi connectivity index (χ2v) is 8.49. The number of ketones is 1. The van der Waals surface area contributed by atoms with Crippen molar-refractivity contribution in [2.75, 3.05) is 6.54 Å². The third-order valence-electron chi connectivity index (χ3n) is 6.08. The van der Waals surface area contributed by atoms with Crippen molar-refractivity contribution in [2.45, 2.75) is 25.7 Å². The number of Topliss-reactive ketones (excluding diaryl/α,β-unsaturated/α-hetero) is 1. The topological polar surface area (TPSA) is 118 Å². The van der Waals surface area contributed by atoms with Gasteiger partial charge in [0, 0.05) is 16.7 Å². The van der Waals surface area contributed by atoms with E-state index in [9.17, 15) is 29.3 Å². The van der Waals surface area contributed by atoms with Gasteiger partial charge in [-0.1, -0.05) is 36.6 Å². The van der Waals surface area contributed by atoms with Crippen LogP contribution in [0.15, 0.2) is 48.5 Å². The summed E-state index contributed by atoms with van der Waals surface area (Å²) in [5.74, 6) is -3.74. The molecule has 2 aromatic carbocycles. The molecule has 1 aliphatic carbocycles. The summed E-state index contributed by atoms with van der Waals surface area (Å²) < 4.78 is 0. The third kappa shape index (κ3) is 4.23. The van der Waals surface area contributed by atoms with E-state index in [0.29, 0.717) is 17.9 Å². The molecule has 4 rings (SSSR count). The van der Waals surface area contributed by atoms with Gasteiger partial charge in [-0.15, -0.1) is 0 Å². The summed E-state index contributed by atoms with van der Waals surface area (Å²) in [4.78, 5) is 63.5. The molecule has 2 aliphatic rings.